The average Bonchev–Trinajstić information content (AvgIpc) is 2.68. The Bertz CT molecular complexity index is 624. The summed E-state index contributed by atoms with van der Waals surface area (Å²) in [6.45, 7) is 7.54. The Balaban J connectivity index is 1.61. The number of hydrogen-bond acceptors (Lipinski definition) is 3. The van der Waals surface area contributed by atoms with Crippen molar-refractivity contribution in [1.29, 1.82) is 0 Å². The number of hydrogen-bond donors (Lipinski definition) is 0. The van der Waals surface area contributed by atoms with Crippen LogP contribution in [0.5, 0.6) is 0 Å². The fourth-order valence-corrected chi connectivity index (χ4v) is 5.07. The van der Waals surface area contributed by atoms with Gasteiger partial charge in [-0.3, -0.25) is 9.69 Å². The van der Waals surface area contributed by atoms with Gasteiger partial charge < -0.3 is 9.64 Å². The second-order valence-electron chi connectivity index (χ2n) is 7.95. The summed E-state index contributed by atoms with van der Waals surface area (Å²) in [6, 6.07) is 9.01. The Hall–Kier alpha value is -1.39. The zero-order valence-corrected chi connectivity index (χ0v) is 15.4. The summed E-state index contributed by atoms with van der Waals surface area (Å²) < 4.78 is 5.63. The Labute approximate surface area is 151 Å². The first kappa shape index (κ1) is 17.0. The molecule has 0 bridgehead atoms. The number of carbonyl (C=O) groups excluding carboxylic acids is 1. The molecule has 1 unspecified atom stereocenters. The molecule has 1 aromatic rings. The minimum Gasteiger partial charge on any atom is -0.381 e. The van der Waals surface area contributed by atoms with Crippen molar-refractivity contribution in [1.82, 2.24) is 9.80 Å². The van der Waals surface area contributed by atoms with Gasteiger partial charge in [0.05, 0.1) is 5.41 Å². The summed E-state index contributed by atoms with van der Waals surface area (Å²) in [5.74, 6) is 0.343. The lowest BCUT2D eigenvalue weighted by Gasteiger charge is -2.47. The minimum atomic E-state index is -0.388. The van der Waals surface area contributed by atoms with Crippen molar-refractivity contribution in [2.45, 2.75) is 50.5 Å². The molecular weight excluding hydrogens is 312 g/mol. The van der Waals surface area contributed by atoms with Crippen LogP contribution < -0.4 is 0 Å². The summed E-state index contributed by atoms with van der Waals surface area (Å²) in [5.41, 5.74) is 2.06. The summed E-state index contributed by atoms with van der Waals surface area (Å²) in [5, 5.41) is 0. The van der Waals surface area contributed by atoms with Gasteiger partial charge in [-0.2, -0.15) is 0 Å². The van der Waals surface area contributed by atoms with Crippen LogP contribution >= 0.6 is 0 Å². The van der Waals surface area contributed by atoms with Crippen LogP contribution in [-0.4, -0.2) is 61.1 Å². The summed E-state index contributed by atoms with van der Waals surface area (Å²) in [6.07, 6.45) is 5.47. The van der Waals surface area contributed by atoms with Crippen LogP contribution in [-0.2, 0) is 14.9 Å². The molecule has 1 atom stereocenters. The molecule has 0 radical (unpaired) electrons. The van der Waals surface area contributed by atoms with Crippen LogP contribution in [0.4, 0.5) is 0 Å². The van der Waals surface area contributed by atoms with E-state index >= 15 is 0 Å². The molecule has 3 aliphatic heterocycles. The number of piperidine rings is 1. The quantitative estimate of drug-likeness (QED) is 0.828. The second kappa shape index (κ2) is 7.08. The van der Waals surface area contributed by atoms with Crippen LogP contribution in [0.25, 0.3) is 0 Å². The van der Waals surface area contributed by atoms with Crippen molar-refractivity contribution in [3.63, 3.8) is 0 Å². The van der Waals surface area contributed by atoms with E-state index in [-0.39, 0.29) is 5.41 Å². The highest BCUT2D eigenvalue weighted by Gasteiger charge is 2.46. The number of amides is 1. The average molecular weight is 342 g/mol. The highest BCUT2D eigenvalue weighted by atomic mass is 16.5. The molecule has 3 saturated heterocycles. The van der Waals surface area contributed by atoms with Gasteiger partial charge in [0, 0.05) is 38.9 Å². The monoisotopic (exact) mass is 342 g/mol. The molecule has 3 aliphatic rings. The van der Waals surface area contributed by atoms with Gasteiger partial charge in [0.25, 0.3) is 0 Å². The Morgan fingerprint density at radius 2 is 1.92 bits per heavy atom. The molecule has 1 aromatic carbocycles. The molecule has 4 rings (SSSR count). The molecule has 3 heterocycles. The highest BCUT2D eigenvalue weighted by molar-refractivity contribution is 5.89. The van der Waals surface area contributed by atoms with Gasteiger partial charge in [-0.15, -0.1) is 0 Å². The fourth-order valence-electron chi connectivity index (χ4n) is 5.07. The molecule has 0 N–H and O–H groups in total. The number of ether oxygens (including phenoxy) is 1. The maximum atomic E-state index is 13.8. The third kappa shape index (κ3) is 3.11. The molecule has 1 amide bonds. The molecule has 136 valence electrons. The fraction of sp³-hybridized carbons (Fsp3) is 0.667. The molecule has 0 aliphatic carbocycles. The number of rotatable bonds is 2. The first-order chi connectivity index (χ1) is 12.2. The highest BCUT2D eigenvalue weighted by Crippen LogP contribution is 2.39. The van der Waals surface area contributed by atoms with Gasteiger partial charge in [0.2, 0.25) is 5.91 Å². The lowest BCUT2D eigenvalue weighted by Crippen LogP contribution is -2.60. The van der Waals surface area contributed by atoms with E-state index in [1.807, 2.05) is 0 Å². The normalized spacial score (nSPS) is 26.9. The maximum Gasteiger partial charge on any atom is 0.233 e. The molecule has 4 nitrogen and oxygen atoms in total. The standard InChI is InChI=1S/C21H30N2O2/c1-17-6-2-3-8-19(17)21(9-14-25-15-10-21)20(24)23-13-12-22-11-5-4-7-18(22)16-23/h2-3,6,8,18H,4-5,7,9-16H2,1H3. The van der Waals surface area contributed by atoms with Crippen molar-refractivity contribution < 1.29 is 9.53 Å². The van der Waals surface area contributed by atoms with Crippen LogP contribution in [0.15, 0.2) is 24.3 Å². The first-order valence-electron chi connectivity index (χ1n) is 9.88. The topological polar surface area (TPSA) is 32.8 Å². The van der Waals surface area contributed by atoms with Crippen molar-refractivity contribution in [2.24, 2.45) is 0 Å². The van der Waals surface area contributed by atoms with Gasteiger partial charge in [-0.25, -0.2) is 0 Å². The minimum absolute atomic E-state index is 0.343. The Morgan fingerprint density at radius 3 is 2.72 bits per heavy atom. The third-order valence-corrected chi connectivity index (χ3v) is 6.54. The van der Waals surface area contributed by atoms with Crippen LogP contribution in [0.2, 0.25) is 0 Å². The third-order valence-electron chi connectivity index (χ3n) is 6.54. The Morgan fingerprint density at radius 1 is 1.12 bits per heavy atom. The number of nitrogens with zero attached hydrogens (tertiary/aromatic N) is 2. The first-order valence-corrected chi connectivity index (χ1v) is 9.88. The molecule has 0 aromatic heterocycles. The number of benzene rings is 1. The smallest absolute Gasteiger partial charge is 0.233 e. The van der Waals surface area contributed by atoms with E-state index in [1.165, 1.54) is 36.9 Å². The lowest BCUT2D eigenvalue weighted by atomic mass is 9.71. The number of piperazine rings is 1. The summed E-state index contributed by atoms with van der Waals surface area (Å²) in [4.78, 5) is 18.5. The summed E-state index contributed by atoms with van der Waals surface area (Å²) >= 11 is 0. The van der Waals surface area contributed by atoms with E-state index in [4.69, 9.17) is 4.74 Å². The molecule has 0 saturated carbocycles. The van der Waals surface area contributed by atoms with Crippen LogP contribution in [0.3, 0.4) is 0 Å². The predicted molar refractivity (Wildman–Crippen MR) is 98.7 cm³/mol. The van der Waals surface area contributed by atoms with Crippen molar-refractivity contribution in [3.8, 4) is 0 Å². The molecule has 0 spiro atoms. The van der Waals surface area contributed by atoms with E-state index in [2.05, 4.69) is 41.0 Å². The lowest BCUT2D eigenvalue weighted by molar-refractivity contribution is -0.145. The van der Waals surface area contributed by atoms with Crippen molar-refractivity contribution >= 4 is 5.91 Å². The SMILES string of the molecule is Cc1ccccc1C1(C(=O)N2CCN3CCCCC3C2)CCOCC1. The van der Waals surface area contributed by atoms with E-state index in [0.717, 1.165) is 32.5 Å². The van der Waals surface area contributed by atoms with Crippen molar-refractivity contribution in [3.05, 3.63) is 35.4 Å². The van der Waals surface area contributed by atoms with E-state index in [1.54, 1.807) is 0 Å². The van der Waals surface area contributed by atoms with E-state index in [9.17, 15) is 4.79 Å². The summed E-state index contributed by atoms with van der Waals surface area (Å²) in [7, 11) is 0. The molecule has 25 heavy (non-hydrogen) atoms. The van der Waals surface area contributed by atoms with E-state index in [0.29, 0.717) is 25.2 Å². The Kier molecular flexibility index (Phi) is 4.83. The van der Waals surface area contributed by atoms with Gasteiger partial charge in [-0.1, -0.05) is 30.7 Å². The number of fused-ring (bicyclic) bond motifs is 1. The van der Waals surface area contributed by atoms with E-state index < -0.39 is 0 Å². The predicted octanol–water partition coefficient (Wildman–Crippen LogP) is 2.74. The number of carbonyl (C=O) groups is 1. The molecular formula is C21H30N2O2. The molecule has 3 fully saturated rings. The molecule has 4 heteroatoms. The van der Waals surface area contributed by atoms with Gasteiger partial charge in [0.15, 0.2) is 0 Å². The number of aryl methyl sites for hydroxylation is 1. The van der Waals surface area contributed by atoms with Crippen molar-refractivity contribution in [2.75, 3.05) is 39.4 Å². The zero-order chi connectivity index (χ0) is 17.3. The van der Waals surface area contributed by atoms with Gasteiger partial charge in [0.1, 0.15) is 0 Å². The van der Waals surface area contributed by atoms with Gasteiger partial charge in [-0.05, 0) is 50.3 Å². The van der Waals surface area contributed by atoms with Crippen LogP contribution in [0, 0.1) is 6.92 Å². The van der Waals surface area contributed by atoms with Gasteiger partial charge >= 0.3 is 0 Å². The second-order valence-corrected chi connectivity index (χ2v) is 7.95. The zero-order valence-electron chi connectivity index (χ0n) is 15.4. The largest absolute Gasteiger partial charge is 0.381 e. The maximum absolute atomic E-state index is 13.8. The van der Waals surface area contributed by atoms with Crippen LogP contribution in [0.1, 0.15) is 43.2 Å².